The molecule has 1 heterocycles. The van der Waals surface area contributed by atoms with Crippen molar-refractivity contribution < 1.29 is 0 Å². The first-order chi connectivity index (χ1) is 7.65. The highest BCUT2D eigenvalue weighted by molar-refractivity contribution is 9.11. The summed E-state index contributed by atoms with van der Waals surface area (Å²) in [6, 6.07) is 8.37. The minimum atomic E-state index is 0.874. The van der Waals surface area contributed by atoms with E-state index in [1.54, 1.807) is 23.1 Å². The van der Waals surface area contributed by atoms with Crippen molar-refractivity contribution in [3.63, 3.8) is 0 Å². The number of nitrogen functional groups attached to an aromatic ring is 1. The highest BCUT2D eigenvalue weighted by atomic mass is 79.9. The Morgan fingerprint density at radius 1 is 1.38 bits per heavy atom. The lowest BCUT2D eigenvalue weighted by Gasteiger charge is -2.05. The number of rotatable bonds is 3. The van der Waals surface area contributed by atoms with Crippen molar-refractivity contribution in [1.82, 2.24) is 0 Å². The number of hydrogen-bond donors (Lipinski definition) is 1. The lowest BCUT2D eigenvalue weighted by molar-refractivity contribution is 1.36. The Morgan fingerprint density at radius 3 is 2.81 bits per heavy atom. The molecule has 0 unspecified atom stereocenters. The molecule has 4 heteroatoms. The Balaban J connectivity index is 2.04. The number of thiophene rings is 1. The topological polar surface area (TPSA) is 26.0 Å². The predicted octanol–water partition coefficient (Wildman–Crippen LogP) is 4.69. The van der Waals surface area contributed by atoms with Crippen LogP contribution in [0.4, 0.5) is 5.69 Å². The van der Waals surface area contributed by atoms with E-state index in [1.807, 2.05) is 6.07 Å². The molecule has 16 heavy (non-hydrogen) atoms. The monoisotopic (exact) mass is 313 g/mol. The molecule has 2 rings (SSSR count). The smallest absolute Gasteiger partial charge is 0.0701 e. The molecule has 0 aliphatic rings. The molecule has 1 aromatic heterocycles. The second-order valence-electron chi connectivity index (χ2n) is 3.59. The zero-order valence-electron chi connectivity index (χ0n) is 8.87. The standard InChI is InChI=1S/C12H12BrNS2/c1-8-2-3-11(10(14)4-8)15-6-9-5-12(13)16-7-9/h2-5,7H,6,14H2,1H3. The summed E-state index contributed by atoms with van der Waals surface area (Å²) in [5.41, 5.74) is 9.38. The third kappa shape index (κ3) is 3.03. The van der Waals surface area contributed by atoms with Crippen LogP contribution in [0.5, 0.6) is 0 Å². The van der Waals surface area contributed by atoms with Crippen molar-refractivity contribution in [3.8, 4) is 0 Å². The van der Waals surface area contributed by atoms with E-state index >= 15 is 0 Å². The fourth-order valence-corrected chi connectivity index (χ4v) is 3.58. The van der Waals surface area contributed by atoms with Crippen molar-refractivity contribution in [2.24, 2.45) is 0 Å². The van der Waals surface area contributed by atoms with Crippen LogP contribution in [0.3, 0.4) is 0 Å². The molecule has 0 radical (unpaired) electrons. The summed E-state index contributed by atoms with van der Waals surface area (Å²) in [4.78, 5) is 1.16. The van der Waals surface area contributed by atoms with Crippen LogP contribution < -0.4 is 5.73 Å². The molecule has 0 fully saturated rings. The van der Waals surface area contributed by atoms with Gasteiger partial charge in [0, 0.05) is 16.3 Å². The van der Waals surface area contributed by atoms with Gasteiger partial charge >= 0.3 is 0 Å². The SMILES string of the molecule is Cc1ccc(SCc2csc(Br)c2)c(N)c1. The van der Waals surface area contributed by atoms with Gasteiger partial charge in [-0.1, -0.05) is 6.07 Å². The van der Waals surface area contributed by atoms with E-state index in [9.17, 15) is 0 Å². The zero-order chi connectivity index (χ0) is 11.5. The van der Waals surface area contributed by atoms with Gasteiger partial charge in [-0.15, -0.1) is 23.1 Å². The van der Waals surface area contributed by atoms with Gasteiger partial charge in [0.2, 0.25) is 0 Å². The normalized spacial score (nSPS) is 10.6. The molecule has 1 nitrogen and oxygen atoms in total. The Kier molecular flexibility index (Phi) is 3.95. The van der Waals surface area contributed by atoms with Crippen molar-refractivity contribution in [2.75, 3.05) is 5.73 Å². The molecule has 2 aromatic rings. The van der Waals surface area contributed by atoms with Crippen LogP contribution >= 0.6 is 39.0 Å². The number of anilines is 1. The van der Waals surface area contributed by atoms with Crippen LogP contribution in [0.2, 0.25) is 0 Å². The summed E-state index contributed by atoms with van der Waals surface area (Å²) >= 11 is 6.97. The van der Waals surface area contributed by atoms with Gasteiger partial charge in [0.05, 0.1) is 3.79 Å². The first kappa shape index (κ1) is 12.0. The molecule has 0 aliphatic carbocycles. The zero-order valence-corrected chi connectivity index (χ0v) is 12.1. The van der Waals surface area contributed by atoms with Gasteiger partial charge in [-0.25, -0.2) is 0 Å². The van der Waals surface area contributed by atoms with E-state index in [1.165, 1.54) is 14.9 Å². The number of nitrogens with two attached hydrogens (primary N) is 1. The number of hydrogen-bond acceptors (Lipinski definition) is 3. The molecular weight excluding hydrogens is 302 g/mol. The molecular formula is C12H12BrNS2. The molecule has 0 aliphatic heterocycles. The fourth-order valence-electron chi connectivity index (χ4n) is 1.38. The van der Waals surface area contributed by atoms with Gasteiger partial charge in [-0.3, -0.25) is 0 Å². The molecule has 0 atom stereocenters. The Labute approximate surface area is 112 Å². The van der Waals surface area contributed by atoms with Crippen LogP contribution in [0.25, 0.3) is 0 Å². The van der Waals surface area contributed by atoms with Crippen LogP contribution in [-0.2, 0) is 5.75 Å². The Bertz CT molecular complexity index is 494. The third-order valence-electron chi connectivity index (χ3n) is 2.18. The van der Waals surface area contributed by atoms with Crippen LogP contribution in [0.15, 0.2) is 38.3 Å². The van der Waals surface area contributed by atoms with E-state index in [0.717, 1.165) is 16.3 Å². The summed E-state index contributed by atoms with van der Waals surface area (Å²) in [5.74, 6) is 0.968. The van der Waals surface area contributed by atoms with Gasteiger partial charge in [0.1, 0.15) is 0 Å². The fraction of sp³-hybridized carbons (Fsp3) is 0.167. The largest absolute Gasteiger partial charge is 0.398 e. The maximum Gasteiger partial charge on any atom is 0.0701 e. The van der Waals surface area contributed by atoms with Crippen LogP contribution in [-0.4, -0.2) is 0 Å². The lowest BCUT2D eigenvalue weighted by Crippen LogP contribution is -1.89. The second kappa shape index (κ2) is 5.25. The second-order valence-corrected chi connectivity index (χ2v) is 6.90. The highest BCUT2D eigenvalue weighted by Crippen LogP contribution is 2.31. The van der Waals surface area contributed by atoms with E-state index in [-0.39, 0.29) is 0 Å². The first-order valence-electron chi connectivity index (χ1n) is 4.87. The molecule has 0 saturated heterocycles. The maximum absolute atomic E-state index is 5.96. The van der Waals surface area contributed by atoms with E-state index < -0.39 is 0 Å². The van der Waals surface area contributed by atoms with Crippen molar-refractivity contribution in [3.05, 3.63) is 44.6 Å². The number of thioether (sulfide) groups is 1. The summed E-state index contributed by atoms with van der Waals surface area (Å²) in [5, 5.41) is 2.17. The predicted molar refractivity (Wildman–Crippen MR) is 77.2 cm³/mol. The molecule has 84 valence electrons. The average molecular weight is 314 g/mol. The molecule has 0 spiro atoms. The van der Waals surface area contributed by atoms with Gasteiger partial charge in [-0.05, 0) is 57.6 Å². The highest BCUT2D eigenvalue weighted by Gasteiger charge is 2.02. The van der Waals surface area contributed by atoms with E-state index in [4.69, 9.17) is 5.73 Å². The summed E-state index contributed by atoms with van der Waals surface area (Å²) in [6.45, 7) is 2.06. The quantitative estimate of drug-likeness (QED) is 0.657. The van der Waals surface area contributed by atoms with Gasteiger partial charge in [-0.2, -0.15) is 0 Å². The Hall–Kier alpha value is -0.450. The third-order valence-corrected chi connectivity index (χ3v) is 4.90. The molecule has 0 amide bonds. The number of halogens is 1. The molecule has 0 saturated carbocycles. The van der Waals surface area contributed by atoms with Gasteiger partial charge in [0.15, 0.2) is 0 Å². The minimum absolute atomic E-state index is 0.874. The number of benzene rings is 1. The lowest BCUT2D eigenvalue weighted by atomic mass is 10.2. The van der Waals surface area contributed by atoms with E-state index in [0.29, 0.717) is 0 Å². The Morgan fingerprint density at radius 2 is 2.19 bits per heavy atom. The minimum Gasteiger partial charge on any atom is -0.398 e. The van der Waals surface area contributed by atoms with Gasteiger partial charge in [0.25, 0.3) is 0 Å². The summed E-state index contributed by atoms with van der Waals surface area (Å²) < 4.78 is 1.18. The maximum atomic E-state index is 5.96. The van der Waals surface area contributed by atoms with Crippen LogP contribution in [0, 0.1) is 6.92 Å². The number of aryl methyl sites for hydroxylation is 1. The summed E-state index contributed by atoms with van der Waals surface area (Å²) in [7, 11) is 0. The summed E-state index contributed by atoms with van der Waals surface area (Å²) in [6.07, 6.45) is 0. The van der Waals surface area contributed by atoms with E-state index in [2.05, 4.69) is 46.4 Å². The first-order valence-corrected chi connectivity index (χ1v) is 7.53. The molecule has 0 bridgehead atoms. The van der Waals surface area contributed by atoms with Crippen molar-refractivity contribution >= 4 is 44.7 Å². The van der Waals surface area contributed by atoms with Crippen molar-refractivity contribution in [2.45, 2.75) is 17.6 Å². The van der Waals surface area contributed by atoms with Gasteiger partial charge < -0.3 is 5.73 Å². The molecule has 1 aromatic carbocycles. The van der Waals surface area contributed by atoms with Crippen LogP contribution in [0.1, 0.15) is 11.1 Å². The molecule has 2 N–H and O–H groups in total. The van der Waals surface area contributed by atoms with Crippen molar-refractivity contribution in [1.29, 1.82) is 0 Å². The average Bonchev–Trinajstić information content (AvgIpc) is 2.63.